The van der Waals surface area contributed by atoms with Gasteiger partial charge >= 0.3 is 0 Å². The minimum Gasteiger partial charge on any atom is -0.493 e. The second kappa shape index (κ2) is 6.76. The van der Waals surface area contributed by atoms with Crippen molar-refractivity contribution in [3.8, 4) is 17.2 Å². The van der Waals surface area contributed by atoms with Gasteiger partial charge in [-0.25, -0.2) is 0 Å². The van der Waals surface area contributed by atoms with E-state index in [0.717, 1.165) is 23.0 Å². The Hall–Kier alpha value is -1.81. The molecule has 4 heteroatoms. The highest BCUT2D eigenvalue weighted by atomic mass is 32.2. The number of ether oxygens (including phenoxy) is 3. The molecule has 0 saturated heterocycles. The van der Waals surface area contributed by atoms with Gasteiger partial charge in [-0.3, -0.25) is 0 Å². The van der Waals surface area contributed by atoms with E-state index >= 15 is 0 Å². The number of fused-ring (bicyclic) bond motifs is 1. The molecule has 110 valence electrons. The summed E-state index contributed by atoms with van der Waals surface area (Å²) in [6.07, 6.45) is 0. The summed E-state index contributed by atoms with van der Waals surface area (Å²) < 4.78 is 16.8. The van der Waals surface area contributed by atoms with Crippen molar-refractivity contribution in [2.75, 3.05) is 25.6 Å². The lowest BCUT2D eigenvalue weighted by atomic mass is 10.2. The molecule has 2 aromatic rings. The summed E-state index contributed by atoms with van der Waals surface area (Å²) in [6.45, 7) is 4.01. The van der Waals surface area contributed by atoms with E-state index in [1.54, 1.807) is 11.8 Å². The Morgan fingerprint density at radius 3 is 2.57 bits per heavy atom. The van der Waals surface area contributed by atoms with Crippen molar-refractivity contribution in [2.45, 2.75) is 11.8 Å². The van der Waals surface area contributed by atoms with Gasteiger partial charge in [-0.05, 0) is 37.3 Å². The fourth-order valence-corrected chi connectivity index (χ4v) is 2.82. The van der Waals surface area contributed by atoms with Crippen LogP contribution in [0.2, 0.25) is 0 Å². The van der Waals surface area contributed by atoms with Crippen LogP contribution in [0.4, 0.5) is 0 Å². The molecular formula is C17H18O3S. The van der Waals surface area contributed by atoms with Crippen LogP contribution in [-0.4, -0.2) is 25.6 Å². The summed E-state index contributed by atoms with van der Waals surface area (Å²) in [7, 11) is 0. The smallest absolute Gasteiger partial charge is 0.162 e. The second-order valence-electron chi connectivity index (χ2n) is 4.82. The van der Waals surface area contributed by atoms with Crippen molar-refractivity contribution in [3.63, 3.8) is 0 Å². The molecular weight excluding hydrogens is 284 g/mol. The summed E-state index contributed by atoms with van der Waals surface area (Å²) >= 11 is 1.76. The number of thioether (sulfide) groups is 1. The Bertz CT molecular complexity index is 595. The van der Waals surface area contributed by atoms with Gasteiger partial charge in [0.2, 0.25) is 0 Å². The first kappa shape index (κ1) is 14.1. The van der Waals surface area contributed by atoms with Crippen LogP contribution in [0.1, 0.15) is 5.56 Å². The van der Waals surface area contributed by atoms with Crippen molar-refractivity contribution in [3.05, 3.63) is 48.0 Å². The molecule has 0 radical (unpaired) electrons. The van der Waals surface area contributed by atoms with Crippen LogP contribution in [0.25, 0.3) is 0 Å². The van der Waals surface area contributed by atoms with Gasteiger partial charge in [-0.1, -0.05) is 17.7 Å². The largest absolute Gasteiger partial charge is 0.493 e. The predicted molar refractivity (Wildman–Crippen MR) is 84.8 cm³/mol. The molecule has 0 spiro atoms. The Balaban J connectivity index is 1.48. The van der Waals surface area contributed by atoms with E-state index in [1.807, 2.05) is 24.3 Å². The number of hydrogen-bond acceptors (Lipinski definition) is 4. The minimum atomic E-state index is 0.623. The average molecular weight is 302 g/mol. The highest BCUT2D eigenvalue weighted by molar-refractivity contribution is 7.99. The lowest BCUT2D eigenvalue weighted by Crippen LogP contribution is -2.15. The van der Waals surface area contributed by atoms with Gasteiger partial charge < -0.3 is 14.2 Å². The fourth-order valence-electron chi connectivity index (χ4n) is 2.07. The van der Waals surface area contributed by atoms with Crippen LogP contribution in [-0.2, 0) is 0 Å². The average Bonchev–Trinajstić information content (AvgIpc) is 2.53. The molecule has 0 fully saturated rings. The summed E-state index contributed by atoms with van der Waals surface area (Å²) in [6, 6.07) is 14.2. The third-order valence-corrected chi connectivity index (χ3v) is 4.11. The van der Waals surface area contributed by atoms with Crippen molar-refractivity contribution >= 4 is 11.8 Å². The highest BCUT2D eigenvalue weighted by Gasteiger charge is 2.11. The topological polar surface area (TPSA) is 27.7 Å². The zero-order valence-corrected chi connectivity index (χ0v) is 12.8. The number of benzene rings is 2. The molecule has 0 amide bonds. The van der Waals surface area contributed by atoms with Crippen molar-refractivity contribution < 1.29 is 14.2 Å². The Kier molecular flexibility index (Phi) is 4.55. The highest BCUT2D eigenvalue weighted by Crippen LogP contribution is 2.34. The van der Waals surface area contributed by atoms with E-state index in [9.17, 15) is 0 Å². The first-order chi connectivity index (χ1) is 10.3. The molecule has 3 nitrogen and oxygen atoms in total. The molecule has 2 aromatic carbocycles. The summed E-state index contributed by atoms with van der Waals surface area (Å²) in [4.78, 5) is 1.17. The second-order valence-corrected chi connectivity index (χ2v) is 5.98. The van der Waals surface area contributed by atoms with E-state index in [4.69, 9.17) is 14.2 Å². The van der Waals surface area contributed by atoms with Gasteiger partial charge in [0.25, 0.3) is 0 Å². The molecule has 0 unspecified atom stereocenters. The van der Waals surface area contributed by atoms with Gasteiger partial charge in [-0.2, -0.15) is 0 Å². The molecule has 1 heterocycles. The normalized spacial score (nSPS) is 13.0. The number of rotatable bonds is 5. The van der Waals surface area contributed by atoms with Gasteiger partial charge in [0.1, 0.15) is 19.0 Å². The maximum absolute atomic E-state index is 5.72. The molecule has 21 heavy (non-hydrogen) atoms. The fraction of sp³-hybridized carbons (Fsp3) is 0.294. The van der Waals surface area contributed by atoms with Crippen LogP contribution in [0.5, 0.6) is 17.2 Å². The summed E-state index contributed by atoms with van der Waals surface area (Å²) in [5, 5.41) is 0. The van der Waals surface area contributed by atoms with E-state index in [-0.39, 0.29) is 0 Å². The van der Waals surface area contributed by atoms with Gasteiger partial charge in [0.15, 0.2) is 11.5 Å². The van der Waals surface area contributed by atoms with Crippen LogP contribution >= 0.6 is 11.8 Å². The molecule has 3 rings (SSSR count). The van der Waals surface area contributed by atoms with Gasteiger partial charge in [-0.15, -0.1) is 11.8 Å². The van der Waals surface area contributed by atoms with E-state index < -0.39 is 0 Å². The predicted octanol–water partition coefficient (Wildman–Crippen LogP) is 3.94. The van der Waals surface area contributed by atoms with Crippen molar-refractivity contribution in [2.24, 2.45) is 0 Å². The Labute approximate surface area is 129 Å². The molecule has 0 atom stereocenters. The molecule has 0 saturated carbocycles. The van der Waals surface area contributed by atoms with Gasteiger partial charge in [0, 0.05) is 10.6 Å². The van der Waals surface area contributed by atoms with Crippen LogP contribution in [0.15, 0.2) is 47.4 Å². The standard InChI is InChI=1S/C17H18O3S/c1-13-2-4-14(5-3-13)18-10-11-21-15-6-7-16-17(12-15)20-9-8-19-16/h2-7,12H,8-11H2,1H3. The van der Waals surface area contributed by atoms with E-state index in [2.05, 4.69) is 25.1 Å². The van der Waals surface area contributed by atoms with E-state index in [1.165, 1.54) is 10.5 Å². The van der Waals surface area contributed by atoms with Crippen LogP contribution in [0.3, 0.4) is 0 Å². The third-order valence-electron chi connectivity index (χ3n) is 3.16. The Morgan fingerprint density at radius 2 is 1.76 bits per heavy atom. The monoisotopic (exact) mass is 302 g/mol. The molecule has 1 aliphatic heterocycles. The molecule has 0 aliphatic carbocycles. The number of aryl methyl sites for hydroxylation is 1. The zero-order valence-electron chi connectivity index (χ0n) is 12.0. The maximum atomic E-state index is 5.72. The molecule has 0 aromatic heterocycles. The molecule has 1 aliphatic rings. The lowest BCUT2D eigenvalue weighted by molar-refractivity contribution is 0.171. The molecule has 0 N–H and O–H groups in total. The van der Waals surface area contributed by atoms with Crippen molar-refractivity contribution in [1.29, 1.82) is 0 Å². The first-order valence-electron chi connectivity index (χ1n) is 7.03. The maximum Gasteiger partial charge on any atom is 0.162 e. The SMILES string of the molecule is Cc1ccc(OCCSc2ccc3c(c2)OCCO3)cc1. The summed E-state index contributed by atoms with van der Waals surface area (Å²) in [5.74, 6) is 3.49. The number of hydrogen-bond donors (Lipinski definition) is 0. The first-order valence-corrected chi connectivity index (χ1v) is 8.02. The van der Waals surface area contributed by atoms with Crippen LogP contribution in [0, 0.1) is 6.92 Å². The Morgan fingerprint density at radius 1 is 1.00 bits per heavy atom. The quantitative estimate of drug-likeness (QED) is 0.618. The minimum absolute atomic E-state index is 0.623. The molecule has 0 bridgehead atoms. The van der Waals surface area contributed by atoms with Crippen LogP contribution < -0.4 is 14.2 Å². The summed E-state index contributed by atoms with van der Waals surface area (Å²) in [5.41, 5.74) is 1.24. The third kappa shape index (κ3) is 3.85. The van der Waals surface area contributed by atoms with E-state index in [0.29, 0.717) is 19.8 Å². The van der Waals surface area contributed by atoms with Crippen molar-refractivity contribution in [1.82, 2.24) is 0 Å². The zero-order chi connectivity index (χ0) is 14.5. The lowest BCUT2D eigenvalue weighted by Gasteiger charge is -2.18. The van der Waals surface area contributed by atoms with Gasteiger partial charge in [0.05, 0.1) is 6.61 Å².